The maximum Gasteiger partial charge on any atom is 0.0464 e. The van der Waals surface area contributed by atoms with E-state index in [1.807, 2.05) is 6.08 Å². The lowest BCUT2D eigenvalue weighted by Crippen LogP contribution is -2.20. The molecule has 70 valence electrons. The van der Waals surface area contributed by atoms with E-state index in [9.17, 15) is 0 Å². The first-order valence-corrected chi connectivity index (χ1v) is 5.10. The van der Waals surface area contributed by atoms with Gasteiger partial charge in [0, 0.05) is 6.61 Å². The van der Waals surface area contributed by atoms with Gasteiger partial charge in [-0.05, 0) is 18.3 Å². The largest absolute Gasteiger partial charge is 0.396 e. The highest BCUT2D eigenvalue weighted by molar-refractivity contribution is 4.79. The Bertz CT molecular complexity index is 125. The van der Waals surface area contributed by atoms with Crippen LogP contribution in [0.25, 0.3) is 0 Å². The molecule has 1 rings (SSSR count). The highest BCUT2D eigenvalue weighted by atomic mass is 16.3. The van der Waals surface area contributed by atoms with Crippen LogP contribution in [0.1, 0.15) is 38.5 Å². The Kier molecular flexibility index (Phi) is 4.37. The quantitative estimate of drug-likeness (QED) is 0.640. The summed E-state index contributed by atoms with van der Waals surface area (Å²) < 4.78 is 0. The second-order valence-corrected chi connectivity index (χ2v) is 3.87. The number of allylic oxidation sites excluding steroid dienone is 1. The van der Waals surface area contributed by atoms with E-state index in [-0.39, 0.29) is 0 Å². The average Bonchev–Trinajstić information content (AvgIpc) is 2.15. The van der Waals surface area contributed by atoms with Crippen molar-refractivity contribution in [3.63, 3.8) is 0 Å². The topological polar surface area (TPSA) is 20.2 Å². The third kappa shape index (κ3) is 2.63. The monoisotopic (exact) mass is 168 g/mol. The summed E-state index contributed by atoms with van der Waals surface area (Å²) in [6.45, 7) is 4.08. The molecule has 1 saturated carbocycles. The predicted molar refractivity (Wildman–Crippen MR) is 52.0 cm³/mol. The van der Waals surface area contributed by atoms with Crippen LogP contribution in [0.3, 0.4) is 0 Å². The minimum Gasteiger partial charge on any atom is -0.396 e. The molecule has 0 amide bonds. The first kappa shape index (κ1) is 9.79. The van der Waals surface area contributed by atoms with E-state index in [4.69, 9.17) is 5.11 Å². The molecule has 1 heteroatoms. The summed E-state index contributed by atoms with van der Waals surface area (Å²) in [5.41, 5.74) is 0. The molecule has 1 nitrogen and oxygen atoms in total. The first-order chi connectivity index (χ1) is 5.88. The molecule has 1 unspecified atom stereocenters. The molecule has 0 aliphatic heterocycles. The molecule has 12 heavy (non-hydrogen) atoms. The van der Waals surface area contributed by atoms with Crippen molar-refractivity contribution in [2.45, 2.75) is 38.5 Å². The molecule has 0 saturated heterocycles. The molecule has 0 radical (unpaired) electrons. The summed E-state index contributed by atoms with van der Waals surface area (Å²) in [7, 11) is 0. The molecule has 1 aliphatic carbocycles. The lowest BCUT2D eigenvalue weighted by atomic mass is 9.79. The molecule has 1 atom stereocenters. The zero-order valence-corrected chi connectivity index (χ0v) is 7.84. The van der Waals surface area contributed by atoms with Gasteiger partial charge in [-0.1, -0.05) is 38.2 Å². The molecule has 1 fully saturated rings. The lowest BCUT2D eigenvalue weighted by molar-refractivity contribution is 0.149. The van der Waals surface area contributed by atoms with Gasteiger partial charge in [-0.3, -0.25) is 0 Å². The molecule has 0 aromatic heterocycles. The maximum atomic E-state index is 9.16. The SMILES string of the molecule is C=CCC(CO)C1CCCCC1. The van der Waals surface area contributed by atoms with Gasteiger partial charge in [0.15, 0.2) is 0 Å². The van der Waals surface area contributed by atoms with Crippen LogP contribution in [0.15, 0.2) is 12.7 Å². The van der Waals surface area contributed by atoms with Crippen LogP contribution in [-0.2, 0) is 0 Å². The van der Waals surface area contributed by atoms with E-state index in [0.29, 0.717) is 12.5 Å². The van der Waals surface area contributed by atoms with E-state index in [0.717, 1.165) is 12.3 Å². The van der Waals surface area contributed by atoms with Crippen molar-refractivity contribution in [3.8, 4) is 0 Å². The van der Waals surface area contributed by atoms with E-state index >= 15 is 0 Å². The summed E-state index contributed by atoms with van der Waals surface area (Å²) in [5, 5.41) is 9.16. The molecule has 0 bridgehead atoms. The fourth-order valence-corrected chi connectivity index (χ4v) is 2.24. The Hall–Kier alpha value is -0.300. The molecule has 0 aromatic rings. The molecule has 0 spiro atoms. The molecule has 1 aliphatic rings. The summed E-state index contributed by atoms with van der Waals surface area (Å²) in [6, 6.07) is 0. The summed E-state index contributed by atoms with van der Waals surface area (Å²) in [6.07, 6.45) is 9.67. The molecule has 0 heterocycles. The van der Waals surface area contributed by atoms with Crippen molar-refractivity contribution < 1.29 is 5.11 Å². The van der Waals surface area contributed by atoms with Gasteiger partial charge < -0.3 is 5.11 Å². The van der Waals surface area contributed by atoms with Crippen LogP contribution < -0.4 is 0 Å². The molecular formula is C11H20O. The second kappa shape index (κ2) is 5.36. The zero-order chi connectivity index (χ0) is 8.81. The van der Waals surface area contributed by atoms with Gasteiger partial charge in [0.05, 0.1) is 0 Å². The lowest BCUT2D eigenvalue weighted by Gasteiger charge is -2.28. The van der Waals surface area contributed by atoms with E-state index in [1.54, 1.807) is 0 Å². The van der Waals surface area contributed by atoms with E-state index < -0.39 is 0 Å². The van der Waals surface area contributed by atoms with Crippen LogP contribution in [0.2, 0.25) is 0 Å². The van der Waals surface area contributed by atoms with Crippen molar-refractivity contribution in [1.82, 2.24) is 0 Å². The minimum atomic E-state index is 0.344. The van der Waals surface area contributed by atoms with Gasteiger partial charge in [-0.25, -0.2) is 0 Å². The van der Waals surface area contributed by atoms with Gasteiger partial charge in [0.2, 0.25) is 0 Å². The fourth-order valence-electron chi connectivity index (χ4n) is 2.24. The first-order valence-electron chi connectivity index (χ1n) is 5.10. The number of hydrogen-bond acceptors (Lipinski definition) is 1. The molecular weight excluding hydrogens is 148 g/mol. The number of aliphatic hydroxyl groups is 1. The van der Waals surface area contributed by atoms with Gasteiger partial charge in [0.25, 0.3) is 0 Å². The summed E-state index contributed by atoms with van der Waals surface area (Å²) >= 11 is 0. The Morgan fingerprint density at radius 1 is 1.33 bits per heavy atom. The maximum absolute atomic E-state index is 9.16. The molecule has 1 N–H and O–H groups in total. The molecule has 0 aromatic carbocycles. The standard InChI is InChI=1S/C11H20O/c1-2-6-11(9-12)10-7-4-3-5-8-10/h2,10-12H,1,3-9H2. The van der Waals surface area contributed by atoms with Crippen molar-refractivity contribution >= 4 is 0 Å². The van der Waals surface area contributed by atoms with Crippen LogP contribution in [0, 0.1) is 11.8 Å². The van der Waals surface area contributed by atoms with Gasteiger partial charge >= 0.3 is 0 Å². The van der Waals surface area contributed by atoms with Gasteiger partial charge in [-0.2, -0.15) is 0 Å². The zero-order valence-electron chi connectivity index (χ0n) is 7.84. The highest BCUT2D eigenvalue weighted by Crippen LogP contribution is 2.31. The third-order valence-corrected chi connectivity index (χ3v) is 3.02. The number of aliphatic hydroxyl groups excluding tert-OH is 1. The van der Waals surface area contributed by atoms with Crippen LogP contribution in [-0.4, -0.2) is 11.7 Å². The van der Waals surface area contributed by atoms with Crippen molar-refractivity contribution in [3.05, 3.63) is 12.7 Å². The van der Waals surface area contributed by atoms with E-state index in [1.165, 1.54) is 32.1 Å². The average molecular weight is 168 g/mol. The Morgan fingerprint density at radius 3 is 2.50 bits per heavy atom. The number of rotatable bonds is 4. The Balaban J connectivity index is 2.34. The summed E-state index contributed by atoms with van der Waals surface area (Å²) in [5.74, 6) is 1.25. The summed E-state index contributed by atoms with van der Waals surface area (Å²) in [4.78, 5) is 0. The van der Waals surface area contributed by atoms with Crippen molar-refractivity contribution in [1.29, 1.82) is 0 Å². The Labute approximate surface area is 75.5 Å². The fraction of sp³-hybridized carbons (Fsp3) is 0.818. The van der Waals surface area contributed by atoms with Crippen LogP contribution in [0.4, 0.5) is 0 Å². The predicted octanol–water partition coefficient (Wildman–Crippen LogP) is 2.75. The normalized spacial score (nSPS) is 22.1. The second-order valence-electron chi connectivity index (χ2n) is 3.87. The number of hydrogen-bond donors (Lipinski definition) is 1. The Morgan fingerprint density at radius 2 is 2.00 bits per heavy atom. The smallest absolute Gasteiger partial charge is 0.0464 e. The minimum absolute atomic E-state index is 0.344. The van der Waals surface area contributed by atoms with Crippen LogP contribution >= 0.6 is 0 Å². The van der Waals surface area contributed by atoms with Gasteiger partial charge in [0.1, 0.15) is 0 Å². The van der Waals surface area contributed by atoms with Crippen molar-refractivity contribution in [2.24, 2.45) is 11.8 Å². The highest BCUT2D eigenvalue weighted by Gasteiger charge is 2.21. The van der Waals surface area contributed by atoms with Gasteiger partial charge in [-0.15, -0.1) is 6.58 Å². The third-order valence-electron chi connectivity index (χ3n) is 3.02. The van der Waals surface area contributed by atoms with Crippen LogP contribution in [0.5, 0.6) is 0 Å². The van der Waals surface area contributed by atoms with E-state index in [2.05, 4.69) is 6.58 Å². The van der Waals surface area contributed by atoms with Crippen molar-refractivity contribution in [2.75, 3.05) is 6.61 Å².